The summed E-state index contributed by atoms with van der Waals surface area (Å²) in [6.07, 6.45) is -3.40. The summed E-state index contributed by atoms with van der Waals surface area (Å²) in [5, 5.41) is 3.88. The molecule has 5 rings (SSSR count). The third kappa shape index (κ3) is 5.99. The van der Waals surface area contributed by atoms with Gasteiger partial charge >= 0.3 is 6.18 Å². The molecule has 1 aliphatic rings. The first-order valence-corrected chi connectivity index (χ1v) is 14.6. The Morgan fingerprint density at radius 1 is 1.05 bits per heavy atom. The van der Waals surface area contributed by atoms with Crippen molar-refractivity contribution in [1.29, 1.82) is 0 Å². The number of benzene rings is 3. The van der Waals surface area contributed by atoms with Gasteiger partial charge in [0.15, 0.2) is 5.13 Å². The zero-order valence-corrected chi connectivity index (χ0v) is 22.9. The van der Waals surface area contributed by atoms with Gasteiger partial charge in [0, 0.05) is 25.2 Å². The molecule has 1 aliphatic heterocycles. The number of halogens is 3. The third-order valence-electron chi connectivity index (χ3n) is 6.57. The molecule has 210 valence electrons. The Balaban J connectivity index is 1.30. The number of alkyl halides is 3. The zero-order valence-electron chi connectivity index (χ0n) is 21.2. The molecule has 0 aliphatic carbocycles. The second kappa shape index (κ2) is 11.0. The number of nitrogens with one attached hydrogen (secondary N) is 2. The van der Waals surface area contributed by atoms with Gasteiger partial charge in [0.2, 0.25) is 0 Å². The van der Waals surface area contributed by atoms with Crippen LogP contribution >= 0.6 is 11.3 Å². The lowest BCUT2D eigenvalue weighted by Crippen LogP contribution is -2.44. The minimum absolute atomic E-state index is 0.0185. The summed E-state index contributed by atoms with van der Waals surface area (Å²) in [4.78, 5) is 19.5. The largest absolute Gasteiger partial charge is 0.497 e. The lowest BCUT2D eigenvalue weighted by atomic mass is 10.0. The highest BCUT2D eigenvalue weighted by molar-refractivity contribution is 7.92. The van der Waals surface area contributed by atoms with E-state index in [4.69, 9.17) is 9.72 Å². The highest BCUT2D eigenvalue weighted by atomic mass is 32.2. The van der Waals surface area contributed by atoms with E-state index in [0.717, 1.165) is 33.5 Å². The van der Waals surface area contributed by atoms with Crippen molar-refractivity contribution in [3.8, 4) is 5.75 Å². The molecule has 13 heteroatoms. The Hall–Kier alpha value is -3.84. The molecule has 0 radical (unpaired) electrons. The maximum atomic E-state index is 13.3. The van der Waals surface area contributed by atoms with Gasteiger partial charge in [-0.1, -0.05) is 29.5 Å². The van der Waals surface area contributed by atoms with Gasteiger partial charge in [0.1, 0.15) is 5.75 Å². The monoisotopic (exact) mass is 590 g/mol. The first kappa shape index (κ1) is 27.7. The molecule has 0 atom stereocenters. The molecule has 1 saturated heterocycles. The fourth-order valence-electron chi connectivity index (χ4n) is 4.45. The van der Waals surface area contributed by atoms with Crippen LogP contribution in [0.3, 0.4) is 0 Å². The fourth-order valence-corrected chi connectivity index (χ4v) is 6.58. The van der Waals surface area contributed by atoms with E-state index in [1.54, 1.807) is 11.3 Å². The van der Waals surface area contributed by atoms with E-state index in [1.807, 2.05) is 24.3 Å². The molecule has 1 amide bonds. The van der Waals surface area contributed by atoms with E-state index in [1.165, 1.54) is 25.3 Å². The topological polar surface area (TPSA) is 101 Å². The van der Waals surface area contributed by atoms with Gasteiger partial charge in [-0.25, -0.2) is 13.4 Å². The number of ether oxygens (including phenoxy) is 1. The van der Waals surface area contributed by atoms with Crippen molar-refractivity contribution < 1.29 is 31.1 Å². The van der Waals surface area contributed by atoms with Crippen molar-refractivity contribution in [1.82, 2.24) is 10.3 Å². The standard InChI is InChI=1S/C27H25F3N4O4S2/c1-38-19-9-10-21(23(16-19)33-40(36,37)20-6-4-5-17(15-20)27(28,29)30)25(35)31-18-11-13-34(14-12-18)26-32-22-7-2-3-8-24(22)39-26/h2-10,15-16,18,33H,11-14H2,1H3,(H,31,35). The second-order valence-electron chi connectivity index (χ2n) is 9.24. The first-order valence-electron chi connectivity index (χ1n) is 12.3. The maximum absolute atomic E-state index is 13.3. The molecule has 2 heterocycles. The van der Waals surface area contributed by atoms with E-state index in [-0.39, 0.29) is 23.0 Å². The first-order chi connectivity index (χ1) is 19.0. The van der Waals surface area contributed by atoms with Crippen LogP contribution in [0.2, 0.25) is 0 Å². The summed E-state index contributed by atoms with van der Waals surface area (Å²) in [5.74, 6) is -0.245. The van der Waals surface area contributed by atoms with Crippen molar-refractivity contribution in [2.75, 3.05) is 29.8 Å². The Morgan fingerprint density at radius 3 is 2.50 bits per heavy atom. The van der Waals surface area contributed by atoms with Gasteiger partial charge in [0.25, 0.3) is 15.9 Å². The number of methoxy groups -OCH3 is 1. The van der Waals surface area contributed by atoms with Crippen molar-refractivity contribution in [2.45, 2.75) is 30.0 Å². The Morgan fingerprint density at radius 2 is 1.80 bits per heavy atom. The summed E-state index contributed by atoms with van der Waals surface area (Å²) in [5.41, 5.74) is -0.250. The van der Waals surface area contributed by atoms with Crippen LogP contribution < -0.4 is 19.7 Å². The molecule has 40 heavy (non-hydrogen) atoms. The minimum atomic E-state index is -4.71. The fraction of sp³-hybridized carbons (Fsp3) is 0.259. The number of fused-ring (bicyclic) bond motifs is 1. The van der Waals surface area contributed by atoms with Crippen molar-refractivity contribution in [3.63, 3.8) is 0 Å². The Bertz CT molecular complexity index is 1620. The second-order valence-corrected chi connectivity index (χ2v) is 11.9. The quantitative estimate of drug-likeness (QED) is 0.294. The lowest BCUT2D eigenvalue weighted by molar-refractivity contribution is -0.137. The van der Waals surface area contributed by atoms with Gasteiger partial charge in [-0.05, 0) is 55.3 Å². The molecular weight excluding hydrogens is 565 g/mol. The smallest absolute Gasteiger partial charge is 0.416 e. The predicted octanol–water partition coefficient (Wildman–Crippen LogP) is 5.52. The predicted molar refractivity (Wildman–Crippen MR) is 148 cm³/mol. The molecule has 1 aromatic heterocycles. The van der Waals surface area contributed by atoms with Gasteiger partial charge in [-0.3, -0.25) is 9.52 Å². The van der Waals surface area contributed by atoms with Gasteiger partial charge < -0.3 is 15.0 Å². The van der Waals surface area contributed by atoms with Crippen molar-refractivity contribution in [3.05, 3.63) is 77.9 Å². The van der Waals surface area contributed by atoms with Crippen LogP contribution in [0.4, 0.5) is 24.0 Å². The summed E-state index contributed by atoms with van der Waals surface area (Å²) in [6, 6.07) is 15.4. The van der Waals surface area contributed by atoms with Crippen LogP contribution in [0.15, 0.2) is 71.6 Å². The number of thiazole rings is 1. The number of hydrogen-bond donors (Lipinski definition) is 2. The number of carbonyl (C=O) groups excluding carboxylic acids is 1. The number of hydrogen-bond acceptors (Lipinski definition) is 7. The molecule has 8 nitrogen and oxygen atoms in total. The number of sulfonamides is 1. The Labute approximate surface area is 232 Å². The minimum Gasteiger partial charge on any atom is -0.497 e. The molecule has 3 aromatic carbocycles. The number of para-hydroxylation sites is 1. The summed E-state index contributed by atoms with van der Waals surface area (Å²) < 4.78 is 74.0. The van der Waals surface area contributed by atoms with Crippen LogP contribution in [0.5, 0.6) is 5.75 Å². The van der Waals surface area contributed by atoms with E-state index in [9.17, 15) is 26.4 Å². The van der Waals surface area contributed by atoms with Crippen LogP contribution in [-0.2, 0) is 16.2 Å². The van der Waals surface area contributed by atoms with Crippen LogP contribution in [0, 0.1) is 0 Å². The normalized spacial score (nSPS) is 14.8. The van der Waals surface area contributed by atoms with Crippen LogP contribution in [0.25, 0.3) is 10.2 Å². The highest BCUT2D eigenvalue weighted by Crippen LogP contribution is 2.33. The molecular formula is C27H25F3N4O4S2. The molecule has 1 fully saturated rings. The average Bonchev–Trinajstić information content (AvgIpc) is 3.37. The van der Waals surface area contributed by atoms with E-state index >= 15 is 0 Å². The lowest BCUT2D eigenvalue weighted by Gasteiger charge is -2.32. The number of amides is 1. The van der Waals surface area contributed by atoms with Crippen molar-refractivity contribution >= 4 is 48.3 Å². The van der Waals surface area contributed by atoms with E-state index in [2.05, 4.69) is 14.9 Å². The zero-order chi connectivity index (χ0) is 28.5. The molecule has 2 N–H and O–H groups in total. The summed E-state index contributed by atoms with van der Waals surface area (Å²) in [6.45, 7) is 1.37. The summed E-state index contributed by atoms with van der Waals surface area (Å²) in [7, 11) is -3.08. The third-order valence-corrected chi connectivity index (χ3v) is 9.03. The van der Waals surface area contributed by atoms with Crippen LogP contribution in [0.1, 0.15) is 28.8 Å². The number of rotatable bonds is 7. The van der Waals surface area contributed by atoms with E-state index < -0.39 is 32.6 Å². The number of nitrogens with zero attached hydrogens (tertiary/aromatic N) is 2. The molecule has 0 unspecified atom stereocenters. The van der Waals surface area contributed by atoms with Gasteiger partial charge in [-0.2, -0.15) is 13.2 Å². The van der Waals surface area contributed by atoms with Gasteiger partial charge in [-0.15, -0.1) is 0 Å². The van der Waals surface area contributed by atoms with E-state index in [0.29, 0.717) is 32.0 Å². The Kier molecular flexibility index (Phi) is 7.60. The summed E-state index contributed by atoms with van der Waals surface area (Å²) >= 11 is 1.61. The molecule has 0 spiro atoms. The molecule has 0 bridgehead atoms. The number of piperidine rings is 1. The number of aromatic nitrogens is 1. The molecule has 0 saturated carbocycles. The van der Waals surface area contributed by atoms with Crippen molar-refractivity contribution in [2.24, 2.45) is 0 Å². The van der Waals surface area contributed by atoms with Gasteiger partial charge in [0.05, 0.1) is 39.0 Å². The molecule has 4 aromatic rings. The highest BCUT2D eigenvalue weighted by Gasteiger charge is 2.32. The average molecular weight is 591 g/mol. The van der Waals surface area contributed by atoms with Crippen LogP contribution in [-0.4, -0.2) is 45.6 Å². The maximum Gasteiger partial charge on any atom is 0.416 e. The SMILES string of the molecule is COc1ccc(C(=O)NC2CCN(c3nc4ccccc4s3)CC2)c(NS(=O)(=O)c2cccc(C(F)(F)F)c2)c1. The number of carbonyl (C=O) groups is 1. The number of anilines is 2.